The molecule has 2 saturated heterocycles. The highest BCUT2D eigenvalue weighted by atomic mass is 16.2. The number of nitrogens with zero attached hydrogens (tertiary/aromatic N) is 4. The standard InChI is InChI=1S/C26H36N4O/c1-20-17-21(2)30(27-20)18-24(31)28-15-11-23(12-16-28)29-19-26(13-7-4-8-14-26)25(29)22-9-5-3-6-10-22/h3,5-6,9-10,17,23,25H,4,7-8,11-16,18-19H2,1-2H3. The Bertz CT molecular complexity index is 907. The monoisotopic (exact) mass is 420 g/mol. The Labute approximate surface area is 186 Å². The van der Waals surface area contributed by atoms with Gasteiger partial charge < -0.3 is 4.90 Å². The largest absolute Gasteiger partial charge is 0.341 e. The molecule has 0 radical (unpaired) electrons. The lowest BCUT2D eigenvalue weighted by Gasteiger charge is -2.63. The molecule has 1 aromatic carbocycles. The summed E-state index contributed by atoms with van der Waals surface area (Å²) < 4.78 is 1.84. The Morgan fingerprint density at radius 3 is 2.42 bits per heavy atom. The lowest BCUT2D eigenvalue weighted by molar-refractivity contribution is -0.144. The third kappa shape index (κ3) is 3.93. The van der Waals surface area contributed by atoms with Crippen LogP contribution in [0.2, 0.25) is 0 Å². The van der Waals surface area contributed by atoms with Crippen LogP contribution in [0, 0.1) is 19.3 Å². The van der Waals surface area contributed by atoms with E-state index in [2.05, 4.69) is 45.2 Å². The molecule has 1 saturated carbocycles. The van der Waals surface area contributed by atoms with E-state index in [9.17, 15) is 4.79 Å². The van der Waals surface area contributed by atoms with Gasteiger partial charge in [0.1, 0.15) is 6.54 Å². The van der Waals surface area contributed by atoms with Crippen molar-refractivity contribution in [2.24, 2.45) is 5.41 Å². The third-order valence-electron chi connectivity index (χ3n) is 8.05. The number of rotatable bonds is 4. The van der Waals surface area contributed by atoms with E-state index in [1.807, 2.05) is 24.6 Å². The topological polar surface area (TPSA) is 41.4 Å². The van der Waals surface area contributed by atoms with Crippen molar-refractivity contribution in [2.75, 3.05) is 19.6 Å². The molecule has 2 aromatic rings. The Morgan fingerprint density at radius 1 is 1.06 bits per heavy atom. The van der Waals surface area contributed by atoms with Crippen molar-refractivity contribution in [3.63, 3.8) is 0 Å². The van der Waals surface area contributed by atoms with Crippen molar-refractivity contribution in [1.82, 2.24) is 19.6 Å². The van der Waals surface area contributed by atoms with Crippen molar-refractivity contribution >= 4 is 5.91 Å². The zero-order valence-electron chi connectivity index (χ0n) is 19.1. The van der Waals surface area contributed by atoms with E-state index in [4.69, 9.17) is 0 Å². The number of carbonyl (C=O) groups is 1. The highest BCUT2D eigenvalue weighted by Gasteiger charge is 2.54. The molecule has 1 atom stereocenters. The molecule has 166 valence electrons. The fourth-order valence-corrected chi connectivity index (χ4v) is 6.50. The van der Waals surface area contributed by atoms with Gasteiger partial charge >= 0.3 is 0 Å². The lowest BCUT2D eigenvalue weighted by atomic mass is 9.60. The second kappa shape index (κ2) is 8.42. The van der Waals surface area contributed by atoms with Crippen molar-refractivity contribution in [3.05, 3.63) is 53.3 Å². The molecular weight excluding hydrogens is 384 g/mol. The van der Waals surface area contributed by atoms with Gasteiger partial charge in [-0.2, -0.15) is 5.10 Å². The van der Waals surface area contributed by atoms with Crippen LogP contribution in [0.15, 0.2) is 36.4 Å². The van der Waals surface area contributed by atoms with E-state index in [0.717, 1.165) is 37.3 Å². The van der Waals surface area contributed by atoms with Gasteiger partial charge in [-0.25, -0.2) is 0 Å². The molecule has 3 fully saturated rings. The summed E-state index contributed by atoms with van der Waals surface area (Å²) in [5, 5.41) is 4.46. The maximum absolute atomic E-state index is 12.9. The van der Waals surface area contributed by atoms with E-state index >= 15 is 0 Å². The summed E-state index contributed by atoms with van der Waals surface area (Å²) in [4.78, 5) is 17.7. The van der Waals surface area contributed by atoms with Gasteiger partial charge in [0.15, 0.2) is 0 Å². The minimum atomic E-state index is 0.205. The molecule has 0 N–H and O–H groups in total. The summed E-state index contributed by atoms with van der Waals surface area (Å²) in [7, 11) is 0. The number of piperidine rings is 1. The predicted molar refractivity (Wildman–Crippen MR) is 123 cm³/mol. The quantitative estimate of drug-likeness (QED) is 0.731. The van der Waals surface area contributed by atoms with Crippen LogP contribution >= 0.6 is 0 Å². The number of aryl methyl sites for hydroxylation is 2. The zero-order chi connectivity index (χ0) is 21.4. The first-order chi connectivity index (χ1) is 15.1. The Balaban J connectivity index is 1.23. The van der Waals surface area contributed by atoms with Crippen LogP contribution in [-0.2, 0) is 11.3 Å². The van der Waals surface area contributed by atoms with Crippen LogP contribution in [0.4, 0.5) is 0 Å². The normalized spacial score (nSPS) is 24.3. The van der Waals surface area contributed by atoms with E-state index in [0.29, 0.717) is 24.0 Å². The molecule has 5 heteroatoms. The number of aromatic nitrogens is 2. The number of hydrogen-bond donors (Lipinski definition) is 0. The van der Waals surface area contributed by atoms with E-state index in [-0.39, 0.29) is 5.91 Å². The zero-order valence-corrected chi connectivity index (χ0v) is 19.1. The fraction of sp³-hybridized carbons (Fsp3) is 0.615. The molecular formula is C26H36N4O. The van der Waals surface area contributed by atoms with Crippen molar-refractivity contribution < 1.29 is 4.79 Å². The number of carbonyl (C=O) groups excluding carboxylic acids is 1. The first-order valence-corrected chi connectivity index (χ1v) is 12.2. The maximum Gasteiger partial charge on any atom is 0.244 e. The average molecular weight is 421 g/mol. The molecule has 0 bridgehead atoms. The Hall–Kier alpha value is -2.14. The molecule has 1 unspecified atom stereocenters. The van der Waals surface area contributed by atoms with Gasteiger partial charge in [-0.15, -0.1) is 0 Å². The second-order valence-electron chi connectivity index (χ2n) is 10.1. The van der Waals surface area contributed by atoms with Crippen LogP contribution in [0.25, 0.3) is 0 Å². The smallest absolute Gasteiger partial charge is 0.244 e. The van der Waals surface area contributed by atoms with Crippen molar-refractivity contribution in [1.29, 1.82) is 0 Å². The summed E-state index contributed by atoms with van der Waals surface area (Å²) >= 11 is 0. The summed E-state index contributed by atoms with van der Waals surface area (Å²) in [6.45, 7) is 7.35. The van der Waals surface area contributed by atoms with Gasteiger partial charge in [-0.3, -0.25) is 14.4 Å². The number of benzene rings is 1. The number of amides is 1. The molecule has 5 rings (SSSR count). The van der Waals surface area contributed by atoms with Gasteiger partial charge in [-0.05, 0) is 51.2 Å². The van der Waals surface area contributed by atoms with Crippen LogP contribution in [0.5, 0.6) is 0 Å². The molecule has 1 aromatic heterocycles. The number of likely N-dealkylation sites (tertiary alicyclic amines) is 2. The SMILES string of the molecule is Cc1cc(C)n(CC(=O)N2CCC(N3CC4(CCCCC4)C3c3ccccc3)CC2)n1. The molecule has 31 heavy (non-hydrogen) atoms. The third-order valence-corrected chi connectivity index (χ3v) is 8.05. The van der Waals surface area contributed by atoms with Crippen molar-refractivity contribution in [2.45, 2.75) is 77.4 Å². The summed E-state index contributed by atoms with van der Waals surface area (Å²) in [5.41, 5.74) is 4.02. The lowest BCUT2D eigenvalue weighted by Crippen LogP contribution is -2.63. The summed E-state index contributed by atoms with van der Waals surface area (Å²) in [5.74, 6) is 0.205. The molecule has 1 spiro atoms. The van der Waals surface area contributed by atoms with Crippen LogP contribution in [0.3, 0.4) is 0 Å². The summed E-state index contributed by atoms with van der Waals surface area (Å²) in [6.07, 6.45) is 9.10. The van der Waals surface area contributed by atoms with Crippen LogP contribution in [0.1, 0.15) is 67.9 Å². The molecule has 2 aliphatic heterocycles. The molecule has 3 heterocycles. The first kappa shape index (κ1) is 20.7. The van der Waals surface area contributed by atoms with Gasteiger partial charge in [0.2, 0.25) is 5.91 Å². The minimum absolute atomic E-state index is 0.205. The highest BCUT2D eigenvalue weighted by molar-refractivity contribution is 5.76. The molecule has 5 nitrogen and oxygen atoms in total. The fourth-order valence-electron chi connectivity index (χ4n) is 6.50. The van der Waals surface area contributed by atoms with Crippen molar-refractivity contribution in [3.8, 4) is 0 Å². The second-order valence-corrected chi connectivity index (χ2v) is 10.1. The van der Waals surface area contributed by atoms with Gasteiger partial charge in [0.25, 0.3) is 0 Å². The number of hydrogen-bond acceptors (Lipinski definition) is 3. The Kier molecular flexibility index (Phi) is 5.63. The molecule has 1 amide bonds. The van der Waals surface area contributed by atoms with Crippen LogP contribution < -0.4 is 0 Å². The van der Waals surface area contributed by atoms with Crippen LogP contribution in [-0.4, -0.2) is 51.2 Å². The average Bonchev–Trinajstić information content (AvgIpc) is 3.10. The first-order valence-electron chi connectivity index (χ1n) is 12.2. The summed E-state index contributed by atoms with van der Waals surface area (Å²) in [6, 6.07) is 14.4. The predicted octanol–water partition coefficient (Wildman–Crippen LogP) is 4.50. The highest BCUT2D eigenvalue weighted by Crippen LogP contribution is 2.58. The van der Waals surface area contributed by atoms with Gasteiger partial charge in [0, 0.05) is 42.8 Å². The van der Waals surface area contributed by atoms with E-state index in [1.54, 1.807) is 0 Å². The molecule has 1 aliphatic carbocycles. The molecule has 3 aliphatic rings. The minimum Gasteiger partial charge on any atom is -0.341 e. The maximum atomic E-state index is 12.9. The van der Waals surface area contributed by atoms with Gasteiger partial charge in [-0.1, -0.05) is 49.6 Å². The van der Waals surface area contributed by atoms with Gasteiger partial charge in [0.05, 0.1) is 5.69 Å². The van der Waals surface area contributed by atoms with E-state index in [1.165, 1.54) is 44.2 Å². The van der Waals surface area contributed by atoms with E-state index < -0.39 is 0 Å². The Morgan fingerprint density at radius 2 is 1.77 bits per heavy atom.